The number of rotatable bonds is 0. The number of hydrogen-bond acceptors (Lipinski definition) is 1. The molecule has 0 atom stereocenters. The van der Waals surface area contributed by atoms with Gasteiger partial charge in [-0.05, 0) is 0 Å². The molecule has 0 aliphatic carbocycles. The molecule has 0 rings (SSSR count). The van der Waals surface area contributed by atoms with E-state index < -0.39 is 0 Å². The third-order valence-corrected chi connectivity index (χ3v) is 0.482. The van der Waals surface area contributed by atoms with Gasteiger partial charge in [0.2, 0.25) is 0 Å². The molecule has 0 aliphatic heterocycles. The number of nitrogens with zero attached hydrogens (tertiary/aromatic N) is 1. The van der Waals surface area contributed by atoms with E-state index in [0.29, 0.717) is 0 Å². The fraction of sp³-hybridized carbons (Fsp3) is 0.667. The van der Waals surface area contributed by atoms with Gasteiger partial charge in [0, 0.05) is 14.1 Å². The lowest BCUT2D eigenvalue weighted by Gasteiger charge is -2.05. The van der Waals surface area contributed by atoms with Crippen LogP contribution in [-0.2, 0) is 0 Å². The van der Waals surface area contributed by atoms with Crippen LogP contribution in [0, 0.1) is 5.41 Å². The standard InChI is InChI=1S/C3H9N3/c1-6(2)3(4)5/h1-2H3,(H3,4,5). The van der Waals surface area contributed by atoms with Crippen LogP contribution in [0.15, 0.2) is 0 Å². The van der Waals surface area contributed by atoms with E-state index in [2.05, 4.69) is 0 Å². The third-order valence-electron chi connectivity index (χ3n) is 0.482. The summed E-state index contributed by atoms with van der Waals surface area (Å²) in [6.45, 7) is 0. The minimum absolute atomic E-state index is 0.0926. The number of guanidine groups is 1. The normalized spacial score (nSPS) is 7.67. The number of nitrogens with two attached hydrogens (primary N) is 1. The van der Waals surface area contributed by atoms with Crippen LogP contribution >= 0.6 is 0 Å². The van der Waals surface area contributed by atoms with Gasteiger partial charge in [-0.3, -0.25) is 5.41 Å². The first-order chi connectivity index (χ1) is 2.64. The molecule has 3 N–H and O–H groups in total. The summed E-state index contributed by atoms with van der Waals surface area (Å²) in [5, 5.41) is 6.65. The second kappa shape index (κ2) is 1.64. The van der Waals surface area contributed by atoms with Gasteiger partial charge < -0.3 is 10.6 Å². The summed E-state index contributed by atoms with van der Waals surface area (Å²) in [7, 11) is 3.45. The van der Waals surface area contributed by atoms with Crippen molar-refractivity contribution in [2.45, 2.75) is 0 Å². The first kappa shape index (κ1) is 5.27. The molecule has 0 heterocycles. The zero-order chi connectivity index (χ0) is 5.15. The molecule has 0 aromatic rings. The molecule has 0 unspecified atom stereocenters. The molecule has 0 amide bonds. The molecule has 36 valence electrons. The molecule has 0 saturated carbocycles. The van der Waals surface area contributed by atoms with E-state index in [1.165, 1.54) is 4.90 Å². The quantitative estimate of drug-likeness (QED) is 0.307. The fourth-order valence-corrected chi connectivity index (χ4v) is 0. The predicted octanol–water partition coefficient (Wildman–Crippen LogP) is -0.559. The Morgan fingerprint density at radius 1 is 1.67 bits per heavy atom. The molecular formula is C3H9N3. The predicted molar refractivity (Wildman–Crippen MR) is 25.6 cm³/mol. The summed E-state index contributed by atoms with van der Waals surface area (Å²) in [5.41, 5.74) is 4.94. The topological polar surface area (TPSA) is 53.1 Å². The summed E-state index contributed by atoms with van der Waals surface area (Å²) < 4.78 is 0. The van der Waals surface area contributed by atoms with Crippen LogP contribution in [0.3, 0.4) is 0 Å². The average molecular weight is 87.1 g/mol. The minimum Gasteiger partial charge on any atom is -0.370 e. The maximum atomic E-state index is 6.65. The lowest BCUT2D eigenvalue weighted by atomic mass is 10.8. The SMILES string of the molecule is CN(C)C(=N)N. The van der Waals surface area contributed by atoms with Gasteiger partial charge >= 0.3 is 0 Å². The second-order valence-electron chi connectivity index (χ2n) is 1.28. The number of hydrogen-bond donors (Lipinski definition) is 2. The Balaban J connectivity index is 3.26. The molecule has 0 saturated heterocycles. The Hall–Kier alpha value is -0.730. The van der Waals surface area contributed by atoms with Gasteiger partial charge in [0.1, 0.15) is 0 Å². The van der Waals surface area contributed by atoms with Gasteiger partial charge in [-0.25, -0.2) is 0 Å². The average Bonchev–Trinajstić information content (AvgIpc) is 1.36. The Kier molecular flexibility index (Phi) is 1.44. The van der Waals surface area contributed by atoms with E-state index in [0.717, 1.165) is 0 Å². The van der Waals surface area contributed by atoms with Crippen molar-refractivity contribution in [1.82, 2.24) is 4.90 Å². The van der Waals surface area contributed by atoms with E-state index in [1.54, 1.807) is 14.1 Å². The highest BCUT2D eigenvalue weighted by Crippen LogP contribution is 1.62. The smallest absolute Gasteiger partial charge is 0.187 e. The molecule has 0 bridgehead atoms. The van der Waals surface area contributed by atoms with Crippen molar-refractivity contribution in [2.75, 3.05) is 14.1 Å². The maximum absolute atomic E-state index is 6.65. The summed E-state index contributed by atoms with van der Waals surface area (Å²) in [4.78, 5) is 1.53. The largest absolute Gasteiger partial charge is 0.370 e. The monoisotopic (exact) mass is 87.1 g/mol. The number of nitrogens with one attached hydrogen (secondary N) is 1. The van der Waals surface area contributed by atoms with E-state index in [4.69, 9.17) is 11.1 Å². The molecule has 0 radical (unpaired) electrons. The van der Waals surface area contributed by atoms with Gasteiger partial charge in [-0.15, -0.1) is 0 Å². The van der Waals surface area contributed by atoms with Crippen molar-refractivity contribution in [3.8, 4) is 0 Å². The van der Waals surface area contributed by atoms with Gasteiger partial charge in [0.25, 0.3) is 0 Å². The zero-order valence-electron chi connectivity index (χ0n) is 4.02. The summed E-state index contributed by atoms with van der Waals surface area (Å²) >= 11 is 0. The van der Waals surface area contributed by atoms with Crippen LogP contribution in [-0.4, -0.2) is 25.0 Å². The van der Waals surface area contributed by atoms with E-state index in [1.807, 2.05) is 0 Å². The molecule has 0 fully saturated rings. The highest BCUT2D eigenvalue weighted by molar-refractivity contribution is 5.73. The van der Waals surface area contributed by atoms with Crippen LogP contribution < -0.4 is 5.73 Å². The van der Waals surface area contributed by atoms with Crippen LogP contribution in [0.25, 0.3) is 0 Å². The van der Waals surface area contributed by atoms with Crippen LogP contribution in [0.5, 0.6) is 0 Å². The van der Waals surface area contributed by atoms with Crippen molar-refractivity contribution >= 4 is 5.96 Å². The Labute approximate surface area is 37.3 Å². The van der Waals surface area contributed by atoms with Crippen molar-refractivity contribution in [3.63, 3.8) is 0 Å². The Bertz CT molecular complexity index is 57.1. The molecule has 0 aromatic carbocycles. The highest BCUT2D eigenvalue weighted by Gasteiger charge is 1.82. The van der Waals surface area contributed by atoms with Gasteiger partial charge in [-0.1, -0.05) is 0 Å². The minimum atomic E-state index is 0.0926. The van der Waals surface area contributed by atoms with Gasteiger partial charge in [-0.2, -0.15) is 0 Å². The lowest BCUT2D eigenvalue weighted by Crippen LogP contribution is -2.28. The maximum Gasteiger partial charge on any atom is 0.187 e. The van der Waals surface area contributed by atoms with Crippen molar-refractivity contribution < 1.29 is 0 Å². The molecule has 3 nitrogen and oxygen atoms in total. The van der Waals surface area contributed by atoms with Crippen LogP contribution in [0.4, 0.5) is 0 Å². The van der Waals surface area contributed by atoms with Crippen molar-refractivity contribution in [3.05, 3.63) is 0 Å². The Morgan fingerprint density at radius 3 is 1.83 bits per heavy atom. The molecule has 6 heavy (non-hydrogen) atoms. The third kappa shape index (κ3) is 1.58. The van der Waals surface area contributed by atoms with Gasteiger partial charge in [0.05, 0.1) is 0 Å². The summed E-state index contributed by atoms with van der Waals surface area (Å²) in [6, 6.07) is 0. The van der Waals surface area contributed by atoms with Crippen LogP contribution in [0.1, 0.15) is 0 Å². The van der Waals surface area contributed by atoms with Crippen molar-refractivity contribution in [1.29, 1.82) is 5.41 Å². The summed E-state index contributed by atoms with van der Waals surface area (Å²) in [6.07, 6.45) is 0. The van der Waals surface area contributed by atoms with Gasteiger partial charge in [0.15, 0.2) is 5.96 Å². The second-order valence-corrected chi connectivity index (χ2v) is 1.28. The molecular weight excluding hydrogens is 78.1 g/mol. The zero-order valence-corrected chi connectivity index (χ0v) is 4.02. The Morgan fingerprint density at radius 2 is 1.83 bits per heavy atom. The highest BCUT2D eigenvalue weighted by atomic mass is 15.2. The van der Waals surface area contributed by atoms with E-state index >= 15 is 0 Å². The van der Waals surface area contributed by atoms with Crippen LogP contribution in [0.2, 0.25) is 0 Å². The van der Waals surface area contributed by atoms with E-state index in [-0.39, 0.29) is 5.96 Å². The molecule has 0 aliphatic rings. The molecule has 3 heteroatoms. The lowest BCUT2D eigenvalue weighted by molar-refractivity contribution is 0.609. The molecule has 0 aromatic heterocycles. The first-order valence-electron chi connectivity index (χ1n) is 1.66. The summed E-state index contributed by atoms with van der Waals surface area (Å²) in [5.74, 6) is 0.0926. The van der Waals surface area contributed by atoms with Crippen molar-refractivity contribution in [2.24, 2.45) is 5.73 Å². The fourth-order valence-electron chi connectivity index (χ4n) is 0. The van der Waals surface area contributed by atoms with E-state index in [9.17, 15) is 0 Å². The first-order valence-corrected chi connectivity index (χ1v) is 1.66. The molecule has 0 spiro atoms.